The lowest BCUT2D eigenvalue weighted by atomic mass is 9.85. The van der Waals surface area contributed by atoms with Gasteiger partial charge < -0.3 is 10.2 Å². The molecular weight excluding hydrogens is 250 g/mol. The molecule has 1 aromatic heterocycles. The summed E-state index contributed by atoms with van der Waals surface area (Å²) in [5, 5.41) is 3.55. The number of hydrogen-bond acceptors (Lipinski definition) is 3. The van der Waals surface area contributed by atoms with Crippen LogP contribution >= 0.6 is 0 Å². The minimum absolute atomic E-state index is 0.0109. The Bertz CT molecular complexity index is 448. The van der Waals surface area contributed by atoms with Gasteiger partial charge in [-0.25, -0.2) is 0 Å². The molecule has 0 aromatic carbocycles. The van der Waals surface area contributed by atoms with Crippen LogP contribution in [0, 0.1) is 5.92 Å². The highest BCUT2D eigenvalue weighted by atomic mass is 16.2. The largest absolute Gasteiger partial charge is 0.339 e. The molecule has 1 saturated carbocycles. The number of pyridine rings is 1. The molecule has 1 aliphatic carbocycles. The van der Waals surface area contributed by atoms with Crippen molar-refractivity contribution >= 4 is 5.91 Å². The third kappa shape index (κ3) is 2.85. The van der Waals surface area contributed by atoms with Crippen LogP contribution in [0.15, 0.2) is 24.4 Å². The summed E-state index contributed by atoms with van der Waals surface area (Å²) in [6, 6.07) is 6.40. The van der Waals surface area contributed by atoms with Crippen molar-refractivity contribution in [3.63, 3.8) is 0 Å². The second-order valence-electron chi connectivity index (χ2n) is 6.12. The summed E-state index contributed by atoms with van der Waals surface area (Å²) in [5.41, 5.74) is 0.943. The number of aromatic nitrogens is 1. The maximum atomic E-state index is 12.5. The van der Waals surface area contributed by atoms with Crippen LogP contribution in [0.25, 0.3) is 0 Å². The van der Waals surface area contributed by atoms with Crippen LogP contribution in [-0.4, -0.2) is 34.9 Å². The smallest absolute Gasteiger partial charge is 0.239 e. The average molecular weight is 273 g/mol. The highest BCUT2D eigenvalue weighted by Gasteiger charge is 2.39. The molecule has 3 unspecified atom stereocenters. The normalized spacial score (nSPS) is 28.9. The van der Waals surface area contributed by atoms with Crippen molar-refractivity contribution in [2.75, 3.05) is 7.05 Å². The fourth-order valence-electron chi connectivity index (χ4n) is 3.59. The first kappa shape index (κ1) is 13.6. The van der Waals surface area contributed by atoms with Crippen molar-refractivity contribution in [1.82, 2.24) is 15.2 Å². The van der Waals surface area contributed by atoms with Gasteiger partial charge in [-0.15, -0.1) is 0 Å². The first-order valence-corrected chi connectivity index (χ1v) is 7.65. The van der Waals surface area contributed by atoms with Crippen LogP contribution in [0.5, 0.6) is 0 Å². The van der Waals surface area contributed by atoms with Crippen LogP contribution in [0.4, 0.5) is 0 Å². The van der Waals surface area contributed by atoms with Gasteiger partial charge in [0, 0.05) is 19.3 Å². The van der Waals surface area contributed by atoms with Crippen molar-refractivity contribution in [3.8, 4) is 0 Å². The molecule has 3 rings (SSSR count). The molecule has 20 heavy (non-hydrogen) atoms. The molecule has 3 atom stereocenters. The fraction of sp³-hybridized carbons (Fsp3) is 0.625. The summed E-state index contributed by atoms with van der Waals surface area (Å²) in [4.78, 5) is 18.6. The molecule has 0 radical (unpaired) electrons. The van der Waals surface area contributed by atoms with E-state index in [9.17, 15) is 4.79 Å². The van der Waals surface area contributed by atoms with E-state index in [2.05, 4.69) is 10.3 Å². The molecule has 1 amide bonds. The van der Waals surface area contributed by atoms with Crippen molar-refractivity contribution < 1.29 is 4.79 Å². The Morgan fingerprint density at radius 2 is 2.25 bits per heavy atom. The first-order valence-electron chi connectivity index (χ1n) is 7.65. The quantitative estimate of drug-likeness (QED) is 0.915. The molecular formula is C16H23N3O. The molecule has 1 aromatic rings. The fourth-order valence-corrected chi connectivity index (χ4v) is 3.59. The van der Waals surface area contributed by atoms with Gasteiger partial charge in [-0.1, -0.05) is 18.9 Å². The molecule has 1 aliphatic heterocycles. The average Bonchev–Trinajstić information content (AvgIpc) is 2.91. The third-order valence-corrected chi connectivity index (χ3v) is 4.66. The van der Waals surface area contributed by atoms with Gasteiger partial charge in [0.2, 0.25) is 5.91 Å². The van der Waals surface area contributed by atoms with Gasteiger partial charge in [0.25, 0.3) is 0 Å². The van der Waals surface area contributed by atoms with Crippen LogP contribution in [0.2, 0.25) is 0 Å². The minimum Gasteiger partial charge on any atom is -0.339 e. The molecule has 1 saturated heterocycles. The van der Waals surface area contributed by atoms with Gasteiger partial charge >= 0.3 is 0 Å². The van der Waals surface area contributed by atoms with E-state index in [1.54, 1.807) is 11.1 Å². The Labute approximate surface area is 120 Å². The Morgan fingerprint density at radius 1 is 1.40 bits per heavy atom. The molecule has 4 nitrogen and oxygen atoms in total. The lowest BCUT2D eigenvalue weighted by Crippen LogP contribution is -2.43. The number of nitrogens with one attached hydrogen (secondary N) is 1. The van der Waals surface area contributed by atoms with E-state index in [0.717, 1.165) is 12.1 Å². The van der Waals surface area contributed by atoms with E-state index < -0.39 is 0 Å². The van der Waals surface area contributed by atoms with E-state index in [4.69, 9.17) is 0 Å². The van der Waals surface area contributed by atoms with Crippen molar-refractivity contribution in [3.05, 3.63) is 30.1 Å². The lowest BCUT2D eigenvalue weighted by Gasteiger charge is -2.24. The van der Waals surface area contributed by atoms with E-state index in [0.29, 0.717) is 18.5 Å². The van der Waals surface area contributed by atoms with Gasteiger partial charge in [0.15, 0.2) is 0 Å². The number of carbonyl (C=O) groups excluding carboxylic acids is 1. The number of amides is 1. The van der Waals surface area contributed by atoms with Gasteiger partial charge in [0.05, 0.1) is 18.3 Å². The number of carbonyl (C=O) groups is 1. The second kappa shape index (κ2) is 5.92. The topological polar surface area (TPSA) is 45.2 Å². The number of hydrogen-bond donors (Lipinski definition) is 1. The van der Waals surface area contributed by atoms with Gasteiger partial charge in [-0.3, -0.25) is 9.78 Å². The summed E-state index contributed by atoms with van der Waals surface area (Å²) in [6.45, 7) is 0.590. The maximum absolute atomic E-state index is 12.5. The lowest BCUT2D eigenvalue weighted by molar-refractivity contribution is -0.132. The number of likely N-dealkylation sites (N-methyl/N-ethyl adjacent to an activating group) is 1. The highest BCUT2D eigenvalue weighted by molar-refractivity contribution is 5.82. The molecule has 2 heterocycles. The maximum Gasteiger partial charge on any atom is 0.239 e. The van der Waals surface area contributed by atoms with Gasteiger partial charge in [-0.05, 0) is 37.3 Å². The molecule has 4 heteroatoms. The Balaban J connectivity index is 1.58. The Kier molecular flexibility index (Phi) is 4.01. The van der Waals surface area contributed by atoms with Crippen molar-refractivity contribution in [1.29, 1.82) is 0 Å². The summed E-state index contributed by atoms with van der Waals surface area (Å²) in [7, 11) is 1.88. The van der Waals surface area contributed by atoms with Gasteiger partial charge in [-0.2, -0.15) is 0 Å². The van der Waals surface area contributed by atoms with E-state index in [-0.39, 0.29) is 11.9 Å². The zero-order valence-corrected chi connectivity index (χ0v) is 12.1. The van der Waals surface area contributed by atoms with Crippen LogP contribution in [0.1, 0.15) is 37.8 Å². The molecule has 1 N–H and O–H groups in total. The third-order valence-electron chi connectivity index (χ3n) is 4.66. The van der Waals surface area contributed by atoms with E-state index >= 15 is 0 Å². The summed E-state index contributed by atoms with van der Waals surface area (Å²) in [5.74, 6) is 0.922. The number of nitrogens with zero attached hydrogens (tertiary/aromatic N) is 2. The summed E-state index contributed by atoms with van der Waals surface area (Å²) >= 11 is 0. The number of rotatable bonds is 3. The zero-order chi connectivity index (χ0) is 13.9. The Morgan fingerprint density at radius 3 is 3.00 bits per heavy atom. The van der Waals surface area contributed by atoms with Crippen molar-refractivity contribution in [2.24, 2.45) is 5.92 Å². The SMILES string of the molecule is CN(Cc1ccccn1)C(=O)C1CC2CCCCC2N1. The standard InChI is InChI=1S/C16H23N3O/c1-19(11-13-7-4-5-9-17-13)16(20)15-10-12-6-2-3-8-14(12)18-15/h4-5,7,9,12,14-15,18H,2-3,6,8,10-11H2,1H3. The van der Waals surface area contributed by atoms with Gasteiger partial charge in [0.1, 0.15) is 0 Å². The van der Waals surface area contributed by atoms with Crippen LogP contribution < -0.4 is 5.32 Å². The van der Waals surface area contributed by atoms with E-state index in [1.807, 2.05) is 25.2 Å². The van der Waals surface area contributed by atoms with Crippen LogP contribution in [-0.2, 0) is 11.3 Å². The first-order chi connectivity index (χ1) is 9.74. The highest BCUT2D eigenvalue weighted by Crippen LogP contribution is 2.33. The summed E-state index contributed by atoms with van der Waals surface area (Å²) in [6.07, 6.45) is 7.93. The molecule has 108 valence electrons. The molecule has 0 bridgehead atoms. The minimum atomic E-state index is 0.0109. The predicted molar refractivity (Wildman–Crippen MR) is 78.0 cm³/mol. The van der Waals surface area contributed by atoms with Crippen molar-refractivity contribution in [2.45, 2.75) is 50.7 Å². The monoisotopic (exact) mass is 273 g/mol. The Hall–Kier alpha value is -1.42. The second-order valence-corrected chi connectivity index (χ2v) is 6.12. The zero-order valence-electron chi connectivity index (χ0n) is 12.1. The molecule has 0 spiro atoms. The molecule has 2 fully saturated rings. The summed E-state index contributed by atoms with van der Waals surface area (Å²) < 4.78 is 0. The molecule has 2 aliphatic rings. The predicted octanol–water partition coefficient (Wildman–Crippen LogP) is 1.96. The van der Waals surface area contributed by atoms with E-state index in [1.165, 1.54) is 25.7 Å². The van der Waals surface area contributed by atoms with Crippen LogP contribution in [0.3, 0.4) is 0 Å². The number of fused-ring (bicyclic) bond motifs is 1.